The van der Waals surface area contributed by atoms with Gasteiger partial charge in [0.1, 0.15) is 68.5 Å². The number of hydrogen-bond acceptors (Lipinski definition) is 15. The number of halogens is 5. The molecule has 6 aromatic rings. The van der Waals surface area contributed by atoms with Crippen molar-refractivity contribution in [2.75, 3.05) is 70.7 Å². The number of nitrogens with zero attached hydrogens (tertiary/aromatic N) is 9. The van der Waals surface area contributed by atoms with Gasteiger partial charge in [0.05, 0.1) is 42.4 Å². The second-order valence-electron chi connectivity index (χ2n) is 24.6. The van der Waals surface area contributed by atoms with Crippen molar-refractivity contribution in [2.24, 2.45) is 33.4 Å². The summed E-state index contributed by atoms with van der Waals surface area (Å²) in [6.45, 7) is 10.9. The number of hydrogen-bond donors (Lipinski definition) is 6. The summed E-state index contributed by atoms with van der Waals surface area (Å²) in [5.41, 5.74) is 38.4. The number of likely N-dealkylation sites (tertiary alicyclic amines) is 3. The highest BCUT2D eigenvalue weighted by molar-refractivity contribution is 6.34. The average Bonchev–Trinajstić information content (AvgIpc) is 1.58. The lowest BCUT2D eigenvalue weighted by Gasteiger charge is -2.45. The van der Waals surface area contributed by atoms with Crippen LogP contribution in [0.1, 0.15) is 121 Å². The number of primary amides is 3. The molecule has 0 atom stereocenters. The van der Waals surface area contributed by atoms with Gasteiger partial charge >= 0.3 is 6.36 Å². The second kappa shape index (κ2) is 26.3. The van der Waals surface area contributed by atoms with Crippen LogP contribution in [0.25, 0.3) is 33.8 Å². The fourth-order valence-electron chi connectivity index (χ4n) is 14.1. The fourth-order valence-corrected chi connectivity index (χ4v) is 14.6. The molecule has 24 nitrogen and oxygen atoms in total. The highest BCUT2D eigenvalue weighted by Gasteiger charge is 2.54. The van der Waals surface area contributed by atoms with E-state index in [0.717, 1.165) is 76.5 Å². The van der Waals surface area contributed by atoms with Crippen LogP contribution < -0.4 is 48.6 Å². The van der Waals surface area contributed by atoms with Gasteiger partial charge < -0.3 is 63.3 Å². The number of carbonyl (C=O) groups excluding carboxylic acids is 6. The number of aromatic nitrogens is 6. The first-order valence-corrected chi connectivity index (χ1v) is 30.8. The normalized spacial score (nSPS) is 22.2. The Hall–Kier alpha value is -9.86. The van der Waals surface area contributed by atoms with Gasteiger partial charge in [0, 0.05) is 56.0 Å². The third-order valence-corrected chi connectivity index (χ3v) is 19.3. The van der Waals surface area contributed by atoms with E-state index in [4.69, 9.17) is 67.1 Å². The lowest BCUT2D eigenvalue weighted by atomic mass is 9.65. The fraction of sp³-hybridized carbons (Fsp3) is 0.400. The van der Waals surface area contributed by atoms with Gasteiger partial charge in [-0.15, -0.1) is 13.2 Å². The number of rotatable bonds is 13. The van der Waals surface area contributed by atoms with Crippen molar-refractivity contribution in [1.82, 2.24) is 44.0 Å². The van der Waals surface area contributed by atoms with Crippen LogP contribution in [0.3, 0.4) is 0 Å². The number of ether oxygens (including phenoxy) is 3. The van der Waals surface area contributed by atoms with Crippen molar-refractivity contribution in [1.29, 1.82) is 0 Å². The molecular formula is C65H70Cl2F3N15O9. The summed E-state index contributed by atoms with van der Waals surface area (Å²) in [5, 5.41) is 14.5. The second-order valence-corrected chi connectivity index (χ2v) is 25.4. The summed E-state index contributed by atoms with van der Waals surface area (Å²) in [6.07, 6.45) is 3.97. The SMILES string of the molecule is C=CC(=O)N1CCC2(CC(n3nc(-c4ccc(OC)cc4Cl)c(C(N)=O)c3N)C2)C1.CC#CC(=O)N1CCC2(CC(n3nc(-c4ccc(OC(F)(F)F)cc4)c(C(N)=O)c3N)C2)C1.CC#CC(=O)N1CCC2(CC(n3nc(-c4ccc(OC)cc4Cl)c(C(N)=O)c3N)C2)C1. The molecule has 3 aromatic heterocycles. The number of amides is 6. The predicted molar refractivity (Wildman–Crippen MR) is 344 cm³/mol. The number of anilines is 3. The van der Waals surface area contributed by atoms with E-state index in [-0.39, 0.29) is 91.9 Å². The molecule has 3 saturated carbocycles. The summed E-state index contributed by atoms with van der Waals surface area (Å²) in [7, 11) is 3.10. The minimum atomic E-state index is -4.81. The largest absolute Gasteiger partial charge is 0.573 e. The van der Waals surface area contributed by atoms with E-state index in [1.165, 1.54) is 18.2 Å². The van der Waals surface area contributed by atoms with Crippen molar-refractivity contribution >= 4 is 76.1 Å². The molecule has 94 heavy (non-hydrogen) atoms. The van der Waals surface area contributed by atoms with Crippen molar-refractivity contribution in [3.63, 3.8) is 0 Å². The first kappa shape index (κ1) is 67.0. The van der Waals surface area contributed by atoms with Gasteiger partial charge in [0.25, 0.3) is 29.5 Å². The minimum absolute atomic E-state index is 0.0156. The first-order chi connectivity index (χ1) is 44.6. The lowest BCUT2D eigenvalue weighted by molar-refractivity contribution is -0.274. The zero-order valence-corrected chi connectivity index (χ0v) is 53.5. The molecule has 3 aliphatic carbocycles. The Morgan fingerprint density at radius 2 is 0.904 bits per heavy atom. The molecule has 6 amide bonds. The van der Waals surface area contributed by atoms with Crippen molar-refractivity contribution < 1.29 is 56.1 Å². The monoisotopic (exact) mass is 1330 g/mol. The third kappa shape index (κ3) is 13.2. The van der Waals surface area contributed by atoms with Gasteiger partial charge in [-0.05, 0) is 166 Å². The summed E-state index contributed by atoms with van der Waals surface area (Å²) in [5.74, 6) is 9.37. The Labute approximate surface area is 548 Å². The molecule has 12 N–H and O–H groups in total. The first-order valence-electron chi connectivity index (χ1n) is 30.0. The maximum atomic E-state index is 12.4. The van der Waals surface area contributed by atoms with Crippen LogP contribution in [0.5, 0.6) is 17.2 Å². The lowest BCUT2D eigenvalue weighted by Crippen LogP contribution is -2.42. The predicted octanol–water partition coefficient (Wildman–Crippen LogP) is 7.81. The van der Waals surface area contributed by atoms with Crippen LogP contribution in [0.15, 0.2) is 73.3 Å². The van der Waals surface area contributed by atoms with E-state index in [1.807, 2.05) is 4.90 Å². The van der Waals surface area contributed by atoms with E-state index in [9.17, 15) is 41.9 Å². The molecule has 3 aliphatic heterocycles. The smallest absolute Gasteiger partial charge is 0.497 e. The molecule has 0 bridgehead atoms. The van der Waals surface area contributed by atoms with Crippen LogP contribution in [0, 0.1) is 39.9 Å². The molecule has 12 rings (SSSR count). The Bertz CT molecular complexity index is 4160. The van der Waals surface area contributed by atoms with Crippen molar-refractivity contribution in [3.8, 4) is 74.7 Å². The topological polar surface area (TPSA) is 349 Å². The molecule has 6 heterocycles. The highest BCUT2D eigenvalue weighted by Crippen LogP contribution is 2.57. The zero-order chi connectivity index (χ0) is 67.9. The van der Waals surface area contributed by atoms with E-state index >= 15 is 0 Å². The molecule has 0 radical (unpaired) electrons. The van der Waals surface area contributed by atoms with Crippen LogP contribution in [-0.2, 0) is 14.4 Å². The number of carbonyl (C=O) groups is 6. The van der Waals surface area contributed by atoms with Gasteiger partial charge in [-0.3, -0.25) is 28.8 Å². The number of alkyl halides is 3. The van der Waals surface area contributed by atoms with Gasteiger partial charge in [0.15, 0.2) is 0 Å². The molecule has 3 spiro atoms. The summed E-state index contributed by atoms with van der Waals surface area (Å²) < 4.78 is 56.4. The maximum absolute atomic E-state index is 12.4. The molecule has 6 aliphatic rings. The standard InChI is InChI=1S/C22H24ClN5O3.C22H22F3N5O3.C21H24ClN5O3/c1-3-4-17(29)27-8-7-22(12-27)10-13(11-22)28-20(24)18(21(25)30)19(26-28)15-6-5-14(31-2)9-16(15)23;1-2-3-16(31)29-9-8-21(12-29)10-14(11-21)30-19(26)17(20(27)32)18(28-30)13-4-6-15(7-5-13)33-22(23,24)25;1-3-16(28)26-7-6-21(11-26)9-12(10-21)27-19(23)17(20(24)29)18(25-27)14-5-4-13(30-2)8-15(14)22/h5-6,9,13H,7-8,10-12,24H2,1-2H3,(H2,25,30);4-7,14H,8-12,26H2,1H3,(H2,27,32);3-5,8,12H,1,6-7,9-11,23H2,2H3,(H2,24,29). The van der Waals surface area contributed by atoms with Gasteiger partial charge in [-0.2, -0.15) is 15.3 Å². The number of nitrogens with two attached hydrogens (primary N) is 6. The number of nitrogen functional groups attached to an aromatic ring is 3. The van der Waals surface area contributed by atoms with Crippen LogP contribution in [-0.4, -0.2) is 139 Å². The Kier molecular flexibility index (Phi) is 18.7. The van der Waals surface area contributed by atoms with E-state index in [2.05, 4.69) is 50.3 Å². The van der Waals surface area contributed by atoms with Crippen molar-refractivity contribution in [2.45, 2.75) is 96.1 Å². The van der Waals surface area contributed by atoms with Crippen molar-refractivity contribution in [3.05, 3.63) is 100 Å². The molecule has 494 valence electrons. The molecular weight excluding hydrogens is 1260 g/mol. The van der Waals surface area contributed by atoms with Crippen LogP contribution in [0.2, 0.25) is 10.0 Å². The van der Waals surface area contributed by atoms with Gasteiger partial charge in [0.2, 0.25) is 5.91 Å². The zero-order valence-electron chi connectivity index (χ0n) is 51.9. The Morgan fingerprint density at radius 1 is 0.564 bits per heavy atom. The number of benzene rings is 3. The van der Waals surface area contributed by atoms with Crippen LogP contribution >= 0.6 is 23.2 Å². The third-order valence-electron chi connectivity index (χ3n) is 18.7. The average molecular weight is 1330 g/mol. The molecule has 0 unspecified atom stereocenters. The van der Waals surface area contributed by atoms with Crippen LogP contribution in [0.4, 0.5) is 30.6 Å². The van der Waals surface area contributed by atoms with Gasteiger partial charge in [-0.1, -0.05) is 41.6 Å². The minimum Gasteiger partial charge on any atom is -0.497 e. The highest BCUT2D eigenvalue weighted by atomic mass is 35.5. The maximum Gasteiger partial charge on any atom is 0.573 e. The Morgan fingerprint density at radius 3 is 1.23 bits per heavy atom. The quantitative estimate of drug-likeness (QED) is 0.0474. The molecule has 29 heteroatoms. The van der Waals surface area contributed by atoms with E-state index in [1.54, 1.807) is 88.3 Å². The summed E-state index contributed by atoms with van der Waals surface area (Å²) >= 11 is 12.8. The Balaban J connectivity index is 0.000000154. The van der Waals surface area contributed by atoms with Gasteiger partial charge in [-0.25, -0.2) is 14.0 Å². The van der Waals surface area contributed by atoms with E-state index < -0.39 is 29.8 Å². The molecule has 3 saturated heterocycles. The summed E-state index contributed by atoms with van der Waals surface area (Å²) in [4.78, 5) is 77.8. The van der Waals surface area contributed by atoms with E-state index in [0.29, 0.717) is 82.3 Å². The molecule has 3 aromatic carbocycles. The summed E-state index contributed by atoms with van der Waals surface area (Å²) in [6, 6.07) is 15.2. The molecule has 6 fully saturated rings. The number of methoxy groups -OCH3 is 2.